The third-order valence-electron chi connectivity index (χ3n) is 0.498. The summed E-state index contributed by atoms with van der Waals surface area (Å²) in [6.07, 6.45) is 3.86. The molecule has 0 heterocycles. The van der Waals surface area contributed by atoms with Crippen molar-refractivity contribution in [2.24, 2.45) is 0 Å². The van der Waals surface area contributed by atoms with Crippen molar-refractivity contribution in [3.05, 3.63) is 6.42 Å². The van der Waals surface area contributed by atoms with E-state index in [0.29, 0.717) is 0 Å². The molecule has 0 spiro atoms. The van der Waals surface area contributed by atoms with Crippen LogP contribution in [0.25, 0.3) is 0 Å². The van der Waals surface area contributed by atoms with Crippen molar-refractivity contribution in [1.29, 1.82) is 0 Å². The Bertz CT molecular complexity index is 22.9. The van der Waals surface area contributed by atoms with Gasteiger partial charge in [0.1, 0.15) is 0 Å². The van der Waals surface area contributed by atoms with Gasteiger partial charge in [-0.2, -0.15) is 13.8 Å². The molecule has 0 bridgehead atoms. The van der Waals surface area contributed by atoms with Gasteiger partial charge in [0.15, 0.2) is 0 Å². The predicted molar refractivity (Wildman–Crippen MR) is 41.2 cm³/mol. The van der Waals surface area contributed by atoms with E-state index in [1.165, 1.54) is 0 Å². The molecule has 2 heteroatoms. The third-order valence-corrected chi connectivity index (χ3v) is 0.498. The van der Waals surface area contributed by atoms with E-state index in [9.17, 15) is 5.11 Å². The van der Waals surface area contributed by atoms with E-state index in [4.69, 9.17) is 0 Å². The van der Waals surface area contributed by atoms with E-state index in [2.05, 4.69) is 0 Å². The molecule has 0 saturated carbocycles. The smallest absolute Gasteiger partial charge is 0.854 e. The van der Waals surface area contributed by atoms with Crippen molar-refractivity contribution in [2.75, 3.05) is 6.61 Å². The molecule has 0 saturated heterocycles. The Morgan fingerprint density at radius 3 is 1.67 bits per heavy atom. The minimum Gasteiger partial charge on any atom is -0.854 e. The number of hydrogen-bond acceptors (Lipinski definition) is 1. The van der Waals surface area contributed by atoms with Crippen molar-refractivity contribution in [3.8, 4) is 0 Å². The monoisotopic (exact) mass is 140 g/mol. The van der Waals surface area contributed by atoms with Crippen molar-refractivity contribution >= 4 is 23.1 Å². The zero-order valence-electron chi connectivity index (χ0n) is 6.81. The van der Waals surface area contributed by atoms with Gasteiger partial charge in [-0.3, -0.25) is 0 Å². The maximum absolute atomic E-state index is 9.53. The van der Waals surface area contributed by atoms with Gasteiger partial charge in [0, 0.05) is 0 Å². The van der Waals surface area contributed by atoms with Crippen molar-refractivity contribution in [1.82, 2.24) is 0 Å². The van der Waals surface area contributed by atoms with E-state index in [1.54, 1.807) is 0 Å². The zero-order chi connectivity index (χ0) is 6.83. The fraction of sp³-hybridized carbons (Fsp3) is 0.857. The molecule has 0 N–H and O–H groups in total. The summed E-state index contributed by atoms with van der Waals surface area (Å²) in [7, 11) is 0. The molecule has 0 aliphatic carbocycles. The Balaban J connectivity index is -0.0000000800. The van der Waals surface area contributed by atoms with Crippen LogP contribution in [0.15, 0.2) is 0 Å². The molecule has 0 aliphatic heterocycles. The van der Waals surface area contributed by atoms with Crippen LogP contribution in [0.3, 0.4) is 0 Å². The number of hydrogen-bond donors (Lipinski definition) is 0. The fourth-order valence-corrected chi connectivity index (χ4v) is 0.144. The van der Waals surface area contributed by atoms with Crippen molar-refractivity contribution in [2.45, 2.75) is 33.6 Å². The van der Waals surface area contributed by atoms with E-state index >= 15 is 0 Å². The summed E-state index contributed by atoms with van der Waals surface area (Å²) in [6, 6.07) is 0. The first kappa shape index (κ1) is 16.4. The summed E-state index contributed by atoms with van der Waals surface area (Å²) in [6.45, 7) is 6.11. The second-order valence-electron chi connectivity index (χ2n) is 1.64. The summed E-state index contributed by atoms with van der Waals surface area (Å²) in [5.41, 5.74) is 0. The summed E-state index contributed by atoms with van der Waals surface area (Å²) in [5, 5.41) is 9.53. The number of unbranched alkanes of at least 4 members (excludes halogenated alkanes) is 1. The summed E-state index contributed by atoms with van der Waals surface area (Å²) in [4.78, 5) is 0. The molecule has 0 amide bonds. The average molecular weight is 141 g/mol. The van der Waals surface area contributed by atoms with Crippen LogP contribution in [0.5, 0.6) is 0 Å². The van der Waals surface area contributed by atoms with Crippen LogP contribution in [0.2, 0.25) is 0 Å². The van der Waals surface area contributed by atoms with Crippen LogP contribution < -0.4 is 5.11 Å². The first-order chi connectivity index (χ1) is 3.83. The van der Waals surface area contributed by atoms with Gasteiger partial charge in [-0.05, 0) is 0 Å². The maximum Gasteiger partial charge on any atom is 2.00 e. The van der Waals surface area contributed by atoms with Crippen LogP contribution in [-0.2, 0) is 0 Å². The first-order valence-electron chi connectivity index (χ1n) is 3.15. The molecule has 0 aromatic rings. The SMILES string of the molecule is CCCC[O-].C[CH-]C.[Mg+2]. The Morgan fingerprint density at radius 1 is 1.33 bits per heavy atom. The quantitative estimate of drug-likeness (QED) is 0.415. The summed E-state index contributed by atoms with van der Waals surface area (Å²) in [5.74, 6) is 0. The Kier molecular flexibility index (Phi) is 42.4. The van der Waals surface area contributed by atoms with Gasteiger partial charge in [-0.1, -0.05) is 19.8 Å². The van der Waals surface area contributed by atoms with Crippen LogP contribution >= 0.6 is 0 Å². The van der Waals surface area contributed by atoms with Gasteiger partial charge in [0.05, 0.1) is 0 Å². The van der Waals surface area contributed by atoms with E-state index < -0.39 is 0 Å². The second-order valence-corrected chi connectivity index (χ2v) is 1.64. The van der Waals surface area contributed by atoms with Gasteiger partial charge in [0.25, 0.3) is 0 Å². The predicted octanol–water partition coefficient (Wildman–Crippen LogP) is 0.996. The minimum absolute atomic E-state index is 0. The first-order valence-corrected chi connectivity index (χ1v) is 3.15. The molecule has 0 rings (SSSR count). The van der Waals surface area contributed by atoms with Gasteiger partial charge < -0.3 is 11.5 Å². The zero-order valence-corrected chi connectivity index (χ0v) is 8.23. The normalized spacial score (nSPS) is 6.67. The molecular weight excluding hydrogens is 124 g/mol. The molecule has 52 valence electrons. The standard InChI is InChI=1S/C4H9O.C3H7.Mg/c1-2-3-4-5;1-3-2;/h2-4H2,1H3;3H,1-2H3;/q2*-1;+2. The minimum atomic E-state index is 0. The molecule has 1 nitrogen and oxygen atoms in total. The Hall–Kier alpha value is 0.726. The molecule has 0 aromatic carbocycles. The molecular formula is C7H16MgO. The average Bonchev–Trinajstić information content (AvgIpc) is 1.71. The molecule has 0 aromatic heterocycles. The van der Waals surface area contributed by atoms with Gasteiger partial charge >= 0.3 is 23.1 Å². The van der Waals surface area contributed by atoms with Gasteiger partial charge in [-0.15, -0.1) is 6.61 Å². The van der Waals surface area contributed by atoms with Crippen LogP contribution in [0.4, 0.5) is 0 Å². The van der Waals surface area contributed by atoms with Gasteiger partial charge in [0.2, 0.25) is 0 Å². The van der Waals surface area contributed by atoms with Crippen LogP contribution in [-0.4, -0.2) is 29.7 Å². The molecule has 0 aliphatic rings. The van der Waals surface area contributed by atoms with Crippen LogP contribution in [0.1, 0.15) is 33.6 Å². The molecule has 9 heavy (non-hydrogen) atoms. The topological polar surface area (TPSA) is 23.1 Å². The third kappa shape index (κ3) is 53.1. The molecule has 0 radical (unpaired) electrons. The van der Waals surface area contributed by atoms with Crippen molar-refractivity contribution < 1.29 is 5.11 Å². The largest absolute Gasteiger partial charge is 2.00 e. The van der Waals surface area contributed by atoms with E-state index in [0.717, 1.165) is 12.8 Å². The Labute approximate surface area is 75.0 Å². The Morgan fingerprint density at radius 2 is 1.67 bits per heavy atom. The van der Waals surface area contributed by atoms with Crippen molar-refractivity contribution in [3.63, 3.8) is 0 Å². The molecule has 0 fully saturated rings. The maximum atomic E-state index is 9.53. The second kappa shape index (κ2) is 23.3. The number of rotatable bonds is 2. The van der Waals surface area contributed by atoms with E-state index in [1.807, 2.05) is 27.2 Å². The molecule has 0 unspecified atom stereocenters. The summed E-state index contributed by atoms with van der Waals surface area (Å²) < 4.78 is 0. The molecule has 0 atom stereocenters. The van der Waals surface area contributed by atoms with Gasteiger partial charge in [-0.25, -0.2) is 0 Å². The van der Waals surface area contributed by atoms with Crippen LogP contribution in [0, 0.1) is 6.42 Å². The fourth-order valence-electron chi connectivity index (χ4n) is 0.144. The summed E-state index contributed by atoms with van der Waals surface area (Å²) >= 11 is 0. The van der Waals surface area contributed by atoms with E-state index in [-0.39, 0.29) is 29.7 Å².